The smallest absolute Gasteiger partial charge is 0.214 e. The predicted molar refractivity (Wildman–Crippen MR) is 95.2 cm³/mol. The minimum atomic E-state index is -3.32. The summed E-state index contributed by atoms with van der Waals surface area (Å²) in [6.45, 7) is 2.70. The highest BCUT2D eigenvalue weighted by Gasteiger charge is 2.34. The Morgan fingerprint density at radius 3 is 2.33 bits per heavy atom. The second kappa shape index (κ2) is 7.47. The zero-order valence-electron chi connectivity index (χ0n) is 13.8. The Balaban J connectivity index is 1.71. The van der Waals surface area contributed by atoms with Crippen LogP contribution in [0, 0.1) is 0 Å². The van der Waals surface area contributed by atoms with E-state index in [-0.39, 0.29) is 17.9 Å². The van der Waals surface area contributed by atoms with E-state index in [1.54, 1.807) is 4.31 Å². The van der Waals surface area contributed by atoms with Crippen molar-refractivity contribution in [2.24, 2.45) is 0 Å². The first-order chi connectivity index (χ1) is 11.6. The number of benzene rings is 2. The topological polar surface area (TPSA) is 46.6 Å². The summed E-state index contributed by atoms with van der Waals surface area (Å²) in [7, 11) is -3.32. The van der Waals surface area contributed by atoms with Gasteiger partial charge in [0.25, 0.3) is 0 Å². The van der Waals surface area contributed by atoms with Crippen LogP contribution in [0.25, 0.3) is 0 Å². The molecule has 0 radical (unpaired) electrons. The van der Waals surface area contributed by atoms with Crippen molar-refractivity contribution in [1.29, 1.82) is 0 Å². The van der Waals surface area contributed by atoms with E-state index in [1.165, 1.54) is 0 Å². The second-order valence-electron chi connectivity index (χ2n) is 6.20. The van der Waals surface area contributed by atoms with Crippen LogP contribution >= 0.6 is 0 Å². The molecule has 0 N–H and O–H groups in total. The van der Waals surface area contributed by atoms with Gasteiger partial charge in [0.05, 0.1) is 18.5 Å². The number of hydrogen-bond acceptors (Lipinski definition) is 3. The van der Waals surface area contributed by atoms with Crippen molar-refractivity contribution in [1.82, 2.24) is 4.31 Å². The quantitative estimate of drug-likeness (QED) is 0.837. The van der Waals surface area contributed by atoms with Gasteiger partial charge < -0.3 is 4.74 Å². The Bertz CT molecular complexity index is 747. The van der Waals surface area contributed by atoms with E-state index in [0.29, 0.717) is 19.6 Å². The molecule has 2 unspecified atom stereocenters. The zero-order chi connectivity index (χ0) is 17.0. The minimum Gasteiger partial charge on any atom is -0.370 e. The van der Waals surface area contributed by atoms with Gasteiger partial charge in [-0.1, -0.05) is 60.7 Å². The van der Waals surface area contributed by atoms with Crippen LogP contribution in [0.3, 0.4) is 0 Å². The lowest BCUT2D eigenvalue weighted by molar-refractivity contribution is -0.0288. The molecule has 0 amide bonds. The Hall–Kier alpha value is -1.69. The van der Waals surface area contributed by atoms with Gasteiger partial charge in [0.2, 0.25) is 10.0 Å². The van der Waals surface area contributed by atoms with Crippen LogP contribution in [0.15, 0.2) is 60.7 Å². The van der Waals surface area contributed by atoms with Crippen LogP contribution < -0.4 is 0 Å². The van der Waals surface area contributed by atoms with E-state index in [9.17, 15) is 8.42 Å². The first kappa shape index (κ1) is 17.1. The van der Waals surface area contributed by atoms with Crippen molar-refractivity contribution in [3.05, 3.63) is 71.8 Å². The average molecular weight is 345 g/mol. The number of morpholine rings is 1. The van der Waals surface area contributed by atoms with Crippen LogP contribution in [-0.2, 0) is 21.2 Å². The van der Waals surface area contributed by atoms with Gasteiger partial charge in [-0.05, 0) is 24.5 Å². The zero-order valence-corrected chi connectivity index (χ0v) is 14.7. The first-order valence-electron chi connectivity index (χ1n) is 8.26. The third-order valence-corrected chi connectivity index (χ3v) is 6.34. The molecule has 24 heavy (non-hydrogen) atoms. The molecule has 1 saturated heterocycles. The largest absolute Gasteiger partial charge is 0.370 e. The van der Waals surface area contributed by atoms with Gasteiger partial charge >= 0.3 is 0 Å². The number of ether oxygens (including phenoxy) is 1. The van der Waals surface area contributed by atoms with Crippen LogP contribution in [-0.4, -0.2) is 37.7 Å². The maximum absolute atomic E-state index is 12.8. The Morgan fingerprint density at radius 2 is 1.67 bits per heavy atom. The van der Waals surface area contributed by atoms with Crippen LogP contribution in [0.4, 0.5) is 0 Å². The third kappa shape index (κ3) is 4.04. The molecular weight excluding hydrogens is 322 g/mol. The summed E-state index contributed by atoms with van der Waals surface area (Å²) in [6, 6.07) is 19.4. The van der Waals surface area contributed by atoms with Crippen molar-refractivity contribution in [3.63, 3.8) is 0 Å². The monoisotopic (exact) mass is 345 g/mol. The normalized spacial score (nSPS) is 22.4. The highest BCUT2D eigenvalue weighted by Crippen LogP contribution is 2.27. The van der Waals surface area contributed by atoms with Crippen molar-refractivity contribution in [3.8, 4) is 0 Å². The fourth-order valence-corrected chi connectivity index (χ4v) is 4.70. The van der Waals surface area contributed by atoms with E-state index in [4.69, 9.17) is 4.74 Å². The van der Waals surface area contributed by atoms with Gasteiger partial charge in [-0.2, -0.15) is 4.31 Å². The Kier molecular flexibility index (Phi) is 5.33. The van der Waals surface area contributed by atoms with Crippen molar-refractivity contribution < 1.29 is 13.2 Å². The van der Waals surface area contributed by atoms with Gasteiger partial charge in [0.15, 0.2) is 0 Å². The maximum Gasteiger partial charge on any atom is 0.214 e. The molecule has 4 nitrogen and oxygen atoms in total. The van der Waals surface area contributed by atoms with Crippen molar-refractivity contribution in [2.45, 2.75) is 25.5 Å². The molecule has 1 fully saturated rings. The molecule has 2 aromatic carbocycles. The van der Waals surface area contributed by atoms with E-state index in [0.717, 1.165) is 11.1 Å². The molecular formula is C19H23NO3S. The fraction of sp³-hybridized carbons (Fsp3) is 0.368. The Labute approximate surface area is 144 Å². The van der Waals surface area contributed by atoms with Gasteiger partial charge in [-0.25, -0.2) is 8.42 Å². The molecule has 2 atom stereocenters. The molecule has 0 spiro atoms. The van der Waals surface area contributed by atoms with Crippen molar-refractivity contribution in [2.75, 3.05) is 18.9 Å². The van der Waals surface area contributed by atoms with Gasteiger partial charge in [-0.15, -0.1) is 0 Å². The van der Waals surface area contributed by atoms with Gasteiger partial charge in [0.1, 0.15) is 0 Å². The molecule has 5 heteroatoms. The second-order valence-corrected chi connectivity index (χ2v) is 8.24. The molecule has 1 aliphatic rings. The summed E-state index contributed by atoms with van der Waals surface area (Å²) < 4.78 is 33.1. The summed E-state index contributed by atoms with van der Waals surface area (Å²) in [5.41, 5.74) is 2.06. The molecule has 0 saturated carbocycles. The van der Waals surface area contributed by atoms with Crippen molar-refractivity contribution >= 4 is 10.0 Å². The molecule has 1 aliphatic heterocycles. The predicted octanol–water partition coefficient (Wildman–Crippen LogP) is 3.02. The average Bonchev–Trinajstić information content (AvgIpc) is 2.62. The fourth-order valence-electron chi connectivity index (χ4n) is 3.00. The van der Waals surface area contributed by atoms with E-state index in [1.807, 2.05) is 67.6 Å². The highest BCUT2D eigenvalue weighted by atomic mass is 32.2. The maximum atomic E-state index is 12.8. The van der Waals surface area contributed by atoms with Crippen LogP contribution in [0.2, 0.25) is 0 Å². The lowest BCUT2D eigenvalue weighted by Crippen LogP contribution is -2.49. The summed E-state index contributed by atoms with van der Waals surface area (Å²) in [4.78, 5) is 0. The number of sulfonamides is 1. The third-order valence-electron chi connectivity index (χ3n) is 4.40. The molecule has 0 bridgehead atoms. The van der Waals surface area contributed by atoms with Crippen LogP contribution in [0.5, 0.6) is 0 Å². The SMILES string of the molecule is CC1COC(c2ccccc2)CN1S(=O)(=O)CCc1ccccc1. The molecule has 0 aliphatic carbocycles. The van der Waals surface area contributed by atoms with Gasteiger partial charge in [0, 0.05) is 12.6 Å². The standard InChI is InChI=1S/C19H23NO3S/c1-16-15-23-19(18-10-6-3-7-11-18)14-20(16)24(21,22)13-12-17-8-4-2-5-9-17/h2-11,16,19H,12-15H2,1H3. The number of nitrogens with zero attached hydrogens (tertiary/aromatic N) is 1. The molecule has 0 aromatic heterocycles. The summed E-state index contributed by atoms with van der Waals surface area (Å²) in [6.07, 6.45) is 0.331. The lowest BCUT2D eigenvalue weighted by Gasteiger charge is -2.37. The number of rotatable bonds is 5. The summed E-state index contributed by atoms with van der Waals surface area (Å²) in [5, 5.41) is 0. The van der Waals surface area contributed by atoms with Gasteiger partial charge in [-0.3, -0.25) is 0 Å². The van der Waals surface area contributed by atoms with E-state index in [2.05, 4.69) is 0 Å². The minimum absolute atomic E-state index is 0.128. The molecule has 3 rings (SSSR count). The molecule has 128 valence electrons. The van der Waals surface area contributed by atoms with Crippen LogP contribution in [0.1, 0.15) is 24.2 Å². The van der Waals surface area contributed by atoms with E-state index < -0.39 is 10.0 Å². The molecule has 1 heterocycles. The molecule has 2 aromatic rings. The van der Waals surface area contributed by atoms with E-state index >= 15 is 0 Å². The summed E-state index contributed by atoms with van der Waals surface area (Å²) >= 11 is 0. The Morgan fingerprint density at radius 1 is 1.04 bits per heavy atom. The number of hydrogen-bond donors (Lipinski definition) is 0. The number of aryl methyl sites for hydroxylation is 1. The first-order valence-corrected chi connectivity index (χ1v) is 9.87. The lowest BCUT2D eigenvalue weighted by atomic mass is 10.1. The highest BCUT2D eigenvalue weighted by molar-refractivity contribution is 7.89. The summed E-state index contributed by atoms with van der Waals surface area (Å²) in [5.74, 6) is 0.128.